The largest absolute Gasteiger partial charge is 0.371 e. The number of anilines is 1. The molecule has 1 aromatic heterocycles. The molecule has 0 bridgehead atoms. The summed E-state index contributed by atoms with van der Waals surface area (Å²) in [6.45, 7) is 4.21. The molecule has 2 aromatic rings. The van der Waals surface area contributed by atoms with Crippen LogP contribution in [0.1, 0.15) is 43.1 Å². The zero-order chi connectivity index (χ0) is 17.4. The SMILES string of the molecule is Cc1ccc(N2CCC(NC(c3nccn3C)C3CC3)CC2)cc1Cl. The molecule has 2 fully saturated rings. The number of aromatic nitrogens is 2. The van der Waals surface area contributed by atoms with Gasteiger partial charge in [-0.3, -0.25) is 0 Å². The lowest BCUT2D eigenvalue weighted by Crippen LogP contribution is -2.44. The van der Waals surface area contributed by atoms with Gasteiger partial charge in [0.15, 0.2) is 0 Å². The van der Waals surface area contributed by atoms with Crippen molar-refractivity contribution in [2.45, 2.75) is 44.7 Å². The van der Waals surface area contributed by atoms with Crippen LogP contribution >= 0.6 is 11.6 Å². The van der Waals surface area contributed by atoms with E-state index in [1.165, 1.54) is 37.2 Å². The predicted molar refractivity (Wildman–Crippen MR) is 103 cm³/mol. The molecule has 2 heterocycles. The number of imidazole rings is 1. The highest BCUT2D eigenvalue weighted by atomic mass is 35.5. The molecule has 134 valence electrons. The third-order valence-electron chi connectivity index (χ3n) is 5.66. The molecule has 1 aliphatic carbocycles. The van der Waals surface area contributed by atoms with E-state index in [1.807, 2.05) is 6.20 Å². The van der Waals surface area contributed by atoms with Gasteiger partial charge >= 0.3 is 0 Å². The average molecular weight is 359 g/mol. The number of nitrogens with one attached hydrogen (secondary N) is 1. The highest BCUT2D eigenvalue weighted by Gasteiger charge is 2.36. The van der Waals surface area contributed by atoms with E-state index in [-0.39, 0.29) is 0 Å². The summed E-state index contributed by atoms with van der Waals surface area (Å²) in [6, 6.07) is 7.39. The topological polar surface area (TPSA) is 33.1 Å². The normalized spacial score (nSPS) is 20.0. The summed E-state index contributed by atoms with van der Waals surface area (Å²) in [7, 11) is 2.10. The molecule has 0 spiro atoms. The van der Waals surface area contributed by atoms with Gasteiger partial charge in [0.05, 0.1) is 6.04 Å². The quantitative estimate of drug-likeness (QED) is 0.873. The average Bonchev–Trinajstić information content (AvgIpc) is 3.37. The van der Waals surface area contributed by atoms with E-state index >= 15 is 0 Å². The minimum absolute atomic E-state index is 0.408. The number of halogens is 1. The molecule has 1 aliphatic heterocycles. The van der Waals surface area contributed by atoms with Gasteiger partial charge in [-0.2, -0.15) is 0 Å². The second kappa shape index (κ2) is 7.00. The monoisotopic (exact) mass is 358 g/mol. The summed E-state index contributed by atoms with van der Waals surface area (Å²) < 4.78 is 2.17. The fraction of sp³-hybridized carbons (Fsp3) is 0.550. The zero-order valence-electron chi connectivity index (χ0n) is 15.1. The summed E-state index contributed by atoms with van der Waals surface area (Å²) in [5, 5.41) is 4.78. The Morgan fingerprint density at radius 1 is 1.20 bits per heavy atom. The maximum absolute atomic E-state index is 6.30. The van der Waals surface area contributed by atoms with Gasteiger partial charge < -0.3 is 14.8 Å². The van der Waals surface area contributed by atoms with Gasteiger partial charge in [0, 0.05) is 49.3 Å². The van der Waals surface area contributed by atoms with Gasteiger partial charge in [-0.15, -0.1) is 0 Å². The standard InChI is InChI=1S/C20H27ClN4/c1-14-3-6-17(13-18(14)21)25-10-7-16(8-11-25)23-19(15-4-5-15)20-22-9-12-24(20)2/h3,6,9,12-13,15-16,19,23H,4-5,7-8,10-11H2,1-2H3. The van der Waals surface area contributed by atoms with Gasteiger partial charge in [0.1, 0.15) is 5.82 Å². The summed E-state index contributed by atoms with van der Waals surface area (Å²) in [4.78, 5) is 7.05. The van der Waals surface area contributed by atoms with E-state index in [1.54, 1.807) is 0 Å². The lowest BCUT2D eigenvalue weighted by molar-refractivity contribution is 0.337. The van der Waals surface area contributed by atoms with Crippen molar-refractivity contribution < 1.29 is 0 Å². The molecule has 0 radical (unpaired) electrons. The number of rotatable bonds is 5. The fourth-order valence-corrected chi connectivity index (χ4v) is 4.04. The van der Waals surface area contributed by atoms with Crippen LogP contribution in [0.4, 0.5) is 5.69 Å². The van der Waals surface area contributed by atoms with Crippen LogP contribution in [-0.4, -0.2) is 28.7 Å². The van der Waals surface area contributed by atoms with Crippen molar-refractivity contribution >= 4 is 17.3 Å². The Balaban J connectivity index is 1.38. The van der Waals surface area contributed by atoms with Gasteiger partial charge in [-0.05, 0) is 56.2 Å². The number of hydrogen-bond donors (Lipinski definition) is 1. The first-order valence-corrected chi connectivity index (χ1v) is 9.74. The molecule has 0 amide bonds. The molecule has 25 heavy (non-hydrogen) atoms. The lowest BCUT2D eigenvalue weighted by Gasteiger charge is -2.36. The smallest absolute Gasteiger partial charge is 0.125 e. The molecule has 1 unspecified atom stereocenters. The van der Waals surface area contributed by atoms with Crippen molar-refractivity contribution in [2.24, 2.45) is 13.0 Å². The van der Waals surface area contributed by atoms with E-state index in [0.717, 1.165) is 29.6 Å². The molecule has 1 aromatic carbocycles. The maximum atomic E-state index is 6.30. The number of nitrogens with zero attached hydrogens (tertiary/aromatic N) is 3. The predicted octanol–water partition coefficient (Wildman–Crippen LogP) is 4.09. The number of piperidine rings is 1. The van der Waals surface area contributed by atoms with E-state index in [0.29, 0.717) is 12.1 Å². The van der Waals surface area contributed by atoms with E-state index in [4.69, 9.17) is 11.6 Å². The van der Waals surface area contributed by atoms with Crippen LogP contribution < -0.4 is 10.2 Å². The minimum atomic E-state index is 0.408. The number of benzene rings is 1. The third-order valence-corrected chi connectivity index (χ3v) is 6.07. The Labute approximate surface area is 155 Å². The third kappa shape index (κ3) is 3.70. The zero-order valence-corrected chi connectivity index (χ0v) is 15.8. The van der Waals surface area contributed by atoms with Gasteiger partial charge in [0.25, 0.3) is 0 Å². The van der Waals surface area contributed by atoms with Crippen LogP contribution in [0.2, 0.25) is 5.02 Å². The summed E-state index contributed by atoms with van der Waals surface area (Å²) in [5.74, 6) is 1.95. The molecule has 1 saturated heterocycles. The van der Waals surface area contributed by atoms with Gasteiger partial charge in [0.2, 0.25) is 0 Å². The summed E-state index contributed by atoms with van der Waals surface area (Å²) >= 11 is 6.30. The Morgan fingerprint density at radius 2 is 1.96 bits per heavy atom. The maximum Gasteiger partial charge on any atom is 0.125 e. The molecular weight excluding hydrogens is 332 g/mol. The van der Waals surface area contributed by atoms with Crippen molar-refractivity contribution in [3.63, 3.8) is 0 Å². The number of aryl methyl sites for hydroxylation is 2. The fourth-order valence-electron chi connectivity index (χ4n) is 3.86. The van der Waals surface area contributed by atoms with Crippen molar-refractivity contribution in [3.8, 4) is 0 Å². The van der Waals surface area contributed by atoms with E-state index in [2.05, 4.69) is 58.1 Å². The molecule has 4 nitrogen and oxygen atoms in total. The summed E-state index contributed by atoms with van der Waals surface area (Å²) in [6.07, 6.45) is 8.95. The first kappa shape index (κ1) is 16.9. The number of hydrogen-bond acceptors (Lipinski definition) is 3. The van der Waals surface area contributed by atoms with Crippen molar-refractivity contribution in [1.29, 1.82) is 0 Å². The second-order valence-corrected chi connectivity index (χ2v) is 7.98. The minimum Gasteiger partial charge on any atom is -0.371 e. The first-order chi connectivity index (χ1) is 12.1. The highest BCUT2D eigenvalue weighted by Crippen LogP contribution is 2.41. The van der Waals surface area contributed by atoms with Crippen LogP contribution in [0.25, 0.3) is 0 Å². The van der Waals surface area contributed by atoms with Crippen molar-refractivity contribution in [1.82, 2.24) is 14.9 Å². The molecule has 1 atom stereocenters. The molecule has 2 aliphatic rings. The van der Waals surface area contributed by atoms with Crippen LogP contribution in [-0.2, 0) is 7.05 Å². The van der Waals surface area contributed by atoms with Gasteiger partial charge in [-0.1, -0.05) is 17.7 Å². The van der Waals surface area contributed by atoms with E-state index in [9.17, 15) is 0 Å². The first-order valence-electron chi connectivity index (χ1n) is 9.36. The van der Waals surface area contributed by atoms with E-state index < -0.39 is 0 Å². The van der Waals surface area contributed by atoms with Crippen LogP contribution in [0, 0.1) is 12.8 Å². The Morgan fingerprint density at radius 3 is 2.56 bits per heavy atom. The molecule has 1 saturated carbocycles. The van der Waals surface area contributed by atoms with Crippen LogP contribution in [0.15, 0.2) is 30.6 Å². The Bertz CT molecular complexity index is 729. The molecule has 4 rings (SSSR count). The van der Waals surface area contributed by atoms with Crippen molar-refractivity contribution in [2.75, 3.05) is 18.0 Å². The molecule has 5 heteroatoms. The van der Waals surface area contributed by atoms with Crippen LogP contribution in [0.5, 0.6) is 0 Å². The van der Waals surface area contributed by atoms with Crippen LogP contribution in [0.3, 0.4) is 0 Å². The molecular formula is C20H27ClN4. The van der Waals surface area contributed by atoms with Crippen molar-refractivity contribution in [3.05, 3.63) is 47.0 Å². The Hall–Kier alpha value is -1.52. The second-order valence-electron chi connectivity index (χ2n) is 7.57. The Kier molecular flexibility index (Phi) is 4.74. The molecule has 1 N–H and O–H groups in total. The van der Waals surface area contributed by atoms with Gasteiger partial charge in [-0.25, -0.2) is 4.98 Å². The summed E-state index contributed by atoms with van der Waals surface area (Å²) in [5.41, 5.74) is 2.39. The lowest BCUT2D eigenvalue weighted by atomic mass is 10.0. The highest BCUT2D eigenvalue weighted by molar-refractivity contribution is 6.31.